The summed E-state index contributed by atoms with van der Waals surface area (Å²) in [5, 5.41) is 0. The highest BCUT2D eigenvalue weighted by atomic mass is 16.6. The number of unbranched alkanes of at least 4 members (excludes halogenated alkanes) is 35. The summed E-state index contributed by atoms with van der Waals surface area (Å²) in [7, 11) is 0. The molecule has 0 heterocycles. The molecule has 0 aromatic carbocycles. The largest absolute Gasteiger partial charge is 0.462 e. The van der Waals surface area contributed by atoms with Crippen LogP contribution in [0.15, 0.2) is 60.8 Å². The fraction of sp³-hybridized carbons (Fsp3) is 0.800. The van der Waals surface area contributed by atoms with Crippen molar-refractivity contribution in [3.05, 3.63) is 60.8 Å². The van der Waals surface area contributed by atoms with E-state index < -0.39 is 6.10 Å². The molecule has 0 aliphatic rings. The van der Waals surface area contributed by atoms with Crippen LogP contribution in [-0.4, -0.2) is 37.2 Å². The number of rotatable bonds is 56. The zero-order valence-corrected chi connectivity index (χ0v) is 47.2. The van der Waals surface area contributed by atoms with Crippen LogP contribution in [0.1, 0.15) is 316 Å². The molecule has 0 bridgehead atoms. The van der Waals surface area contributed by atoms with Gasteiger partial charge in [0, 0.05) is 19.3 Å². The lowest BCUT2D eigenvalue weighted by Gasteiger charge is -2.18. The highest BCUT2D eigenvalue weighted by molar-refractivity contribution is 5.71. The standard InChI is InChI=1S/C65H116O6/c1-4-7-10-13-16-19-22-25-27-29-30-31-32-33-34-35-36-37-39-40-43-46-49-52-55-58-64(67)70-61-62(60-69-63(66)57-54-51-48-45-42-24-21-18-15-12-9-6-3)71-65(68)59-56-53-50-47-44-41-38-28-26-23-20-17-14-11-8-5-2/h18,21-22,25,28-30,32-33,38,62H,4-17,19-20,23-24,26-27,31,34-37,39-61H2,1-3H3/b21-18-,25-22-,30-29-,33-32-,38-28-. The van der Waals surface area contributed by atoms with E-state index >= 15 is 0 Å². The molecule has 0 amide bonds. The molecule has 0 aromatic heterocycles. The highest BCUT2D eigenvalue weighted by Crippen LogP contribution is 2.16. The van der Waals surface area contributed by atoms with Crippen molar-refractivity contribution in [3.63, 3.8) is 0 Å². The summed E-state index contributed by atoms with van der Waals surface area (Å²) in [6, 6.07) is 0. The van der Waals surface area contributed by atoms with Crippen molar-refractivity contribution in [1.29, 1.82) is 0 Å². The van der Waals surface area contributed by atoms with Crippen LogP contribution >= 0.6 is 0 Å². The molecule has 0 fully saturated rings. The first kappa shape index (κ1) is 68.1. The van der Waals surface area contributed by atoms with E-state index in [1.54, 1.807) is 0 Å². The summed E-state index contributed by atoms with van der Waals surface area (Å²) in [4.78, 5) is 38.2. The molecule has 0 aliphatic carbocycles. The van der Waals surface area contributed by atoms with E-state index in [1.807, 2.05) is 0 Å². The monoisotopic (exact) mass is 993 g/mol. The quantitative estimate of drug-likeness (QED) is 0.0261. The Labute approximate surface area is 440 Å². The van der Waals surface area contributed by atoms with Crippen LogP contribution in [0.2, 0.25) is 0 Å². The summed E-state index contributed by atoms with van der Waals surface area (Å²) >= 11 is 0. The summed E-state index contributed by atoms with van der Waals surface area (Å²) < 4.78 is 16.9. The van der Waals surface area contributed by atoms with E-state index in [1.165, 1.54) is 186 Å². The lowest BCUT2D eigenvalue weighted by atomic mass is 10.1. The highest BCUT2D eigenvalue weighted by Gasteiger charge is 2.19. The molecule has 0 N–H and O–H groups in total. The first-order valence-electron chi connectivity index (χ1n) is 30.8. The van der Waals surface area contributed by atoms with Gasteiger partial charge in [-0.3, -0.25) is 14.4 Å². The lowest BCUT2D eigenvalue weighted by molar-refractivity contribution is -0.167. The van der Waals surface area contributed by atoms with Crippen LogP contribution in [0.25, 0.3) is 0 Å². The Balaban J connectivity index is 4.29. The van der Waals surface area contributed by atoms with Gasteiger partial charge < -0.3 is 14.2 Å². The van der Waals surface area contributed by atoms with Gasteiger partial charge in [0.1, 0.15) is 13.2 Å². The number of hydrogen-bond donors (Lipinski definition) is 0. The number of esters is 3. The van der Waals surface area contributed by atoms with Crippen molar-refractivity contribution in [2.24, 2.45) is 0 Å². The topological polar surface area (TPSA) is 78.9 Å². The summed E-state index contributed by atoms with van der Waals surface area (Å²) in [6.45, 7) is 6.61. The van der Waals surface area contributed by atoms with Gasteiger partial charge in [0.05, 0.1) is 0 Å². The first-order chi connectivity index (χ1) is 35.0. The molecular formula is C65H116O6. The van der Waals surface area contributed by atoms with Crippen molar-refractivity contribution in [2.75, 3.05) is 13.2 Å². The zero-order chi connectivity index (χ0) is 51.4. The predicted molar refractivity (Wildman–Crippen MR) is 307 cm³/mol. The zero-order valence-electron chi connectivity index (χ0n) is 47.2. The molecule has 0 saturated carbocycles. The van der Waals surface area contributed by atoms with Gasteiger partial charge >= 0.3 is 17.9 Å². The molecule has 0 aromatic rings. The summed E-state index contributed by atoms with van der Waals surface area (Å²) in [6.07, 6.45) is 75.1. The maximum atomic E-state index is 12.9. The molecule has 1 atom stereocenters. The van der Waals surface area contributed by atoms with Crippen LogP contribution in [-0.2, 0) is 28.6 Å². The Morgan fingerprint density at radius 2 is 0.507 bits per heavy atom. The van der Waals surface area contributed by atoms with Gasteiger partial charge in [0.2, 0.25) is 0 Å². The van der Waals surface area contributed by atoms with Crippen molar-refractivity contribution in [1.82, 2.24) is 0 Å². The van der Waals surface area contributed by atoms with E-state index in [4.69, 9.17) is 14.2 Å². The van der Waals surface area contributed by atoms with E-state index in [-0.39, 0.29) is 31.1 Å². The predicted octanol–water partition coefficient (Wildman–Crippen LogP) is 20.8. The number of carbonyl (C=O) groups excluding carboxylic acids is 3. The molecule has 0 radical (unpaired) electrons. The summed E-state index contributed by atoms with van der Waals surface area (Å²) in [5.74, 6) is -0.890. The van der Waals surface area contributed by atoms with Crippen LogP contribution in [0.3, 0.4) is 0 Å². The molecule has 6 heteroatoms. The normalized spacial score (nSPS) is 12.4. The average molecular weight is 994 g/mol. The van der Waals surface area contributed by atoms with Crippen molar-refractivity contribution in [3.8, 4) is 0 Å². The van der Waals surface area contributed by atoms with Crippen molar-refractivity contribution >= 4 is 17.9 Å². The van der Waals surface area contributed by atoms with Gasteiger partial charge in [-0.25, -0.2) is 0 Å². The van der Waals surface area contributed by atoms with Crippen LogP contribution in [0.4, 0.5) is 0 Å². The number of allylic oxidation sites excluding steroid dienone is 10. The molecule has 0 rings (SSSR count). The second-order valence-corrected chi connectivity index (χ2v) is 20.6. The molecule has 412 valence electrons. The van der Waals surface area contributed by atoms with E-state index in [0.717, 1.165) is 89.9 Å². The van der Waals surface area contributed by atoms with Gasteiger partial charge in [-0.2, -0.15) is 0 Å². The van der Waals surface area contributed by atoms with Crippen LogP contribution in [0, 0.1) is 0 Å². The molecule has 6 nitrogen and oxygen atoms in total. The molecule has 71 heavy (non-hydrogen) atoms. The minimum atomic E-state index is -0.783. The fourth-order valence-electron chi connectivity index (χ4n) is 8.79. The maximum absolute atomic E-state index is 12.9. The fourth-order valence-corrected chi connectivity index (χ4v) is 8.79. The molecule has 1 unspecified atom stereocenters. The van der Waals surface area contributed by atoms with Gasteiger partial charge in [-0.15, -0.1) is 0 Å². The second kappa shape index (κ2) is 59.7. The third-order valence-corrected chi connectivity index (χ3v) is 13.5. The maximum Gasteiger partial charge on any atom is 0.306 e. The third-order valence-electron chi connectivity index (χ3n) is 13.5. The first-order valence-corrected chi connectivity index (χ1v) is 30.8. The number of carbonyl (C=O) groups is 3. The Bertz CT molecular complexity index is 1280. The Kier molecular flexibility index (Phi) is 57.2. The third kappa shape index (κ3) is 57.9. The van der Waals surface area contributed by atoms with Crippen molar-refractivity contribution < 1.29 is 28.6 Å². The Morgan fingerprint density at radius 1 is 0.282 bits per heavy atom. The average Bonchev–Trinajstić information content (AvgIpc) is 3.37. The lowest BCUT2D eigenvalue weighted by Crippen LogP contribution is -2.30. The minimum Gasteiger partial charge on any atom is -0.462 e. The number of ether oxygens (including phenoxy) is 3. The van der Waals surface area contributed by atoms with Crippen LogP contribution < -0.4 is 0 Å². The van der Waals surface area contributed by atoms with E-state index in [0.29, 0.717) is 19.3 Å². The Morgan fingerprint density at radius 3 is 0.831 bits per heavy atom. The summed E-state index contributed by atoms with van der Waals surface area (Å²) in [5.41, 5.74) is 0. The molecule has 0 saturated heterocycles. The van der Waals surface area contributed by atoms with Crippen LogP contribution in [0.5, 0.6) is 0 Å². The molecule has 0 aliphatic heterocycles. The number of hydrogen-bond acceptors (Lipinski definition) is 6. The van der Waals surface area contributed by atoms with Gasteiger partial charge in [-0.1, -0.05) is 248 Å². The minimum absolute atomic E-state index is 0.0809. The Hall–Kier alpha value is -2.89. The van der Waals surface area contributed by atoms with Crippen molar-refractivity contribution in [2.45, 2.75) is 322 Å². The SMILES string of the molecule is CCCCC/C=C\CCCCCCCC(=O)OCC(COC(=O)CCCCCCCCCCCC/C=C\C/C=C\C/C=C\CCCCCCC)OC(=O)CCCCCCC/C=C\CCCCCCCCC. The molecular weight excluding hydrogens is 877 g/mol. The van der Waals surface area contributed by atoms with Gasteiger partial charge in [-0.05, 0) is 109 Å². The van der Waals surface area contributed by atoms with Gasteiger partial charge in [0.15, 0.2) is 6.10 Å². The van der Waals surface area contributed by atoms with Gasteiger partial charge in [0.25, 0.3) is 0 Å². The smallest absolute Gasteiger partial charge is 0.306 e. The van der Waals surface area contributed by atoms with E-state index in [9.17, 15) is 14.4 Å². The van der Waals surface area contributed by atoms with E-state index in [2.05, 4.69) is 81.5 Å². The molecule has 0 spiro atoms. The second-order valence-electron chi connectivity index (χ2n) is 20.6.